The van der Waals surface area contributed by atoms with Crippen LogP contribution in [0.1, 0.15) is 54.3 Å². The van der Waals surface area contributed by atoms with Crippen LogP contribution in [0.5, 0.6) is 0 Å². The monoisotopic (exact) mass is 734 g/mol. The first kappa shape index (κ1) is 38.0. The fourth-order valence-corrected chi connectivity index (χ4v) is 6.81. The molecular weight excluding hydrogens is 700 g/mol. The maximum absolute atomic E-state index is 13.5. The molecule has 5 rings (SSSR count). The van der Waals surface area contributed by atoms with E-state index < -0.39 is 69.6 Å². The summed E-state index contributed by atoms with van der Waals surface area (Å²) in [6.07, 6.45) is -1.69. The number of aliphatic hydroxyl groups is 1. The van der Waals surface area contributed by atoms with Gasteiger partial charge in [0.15, 0.2) is 0 Å². The summed E-state index contributed by atoms with van der Waals surface area (Å²) < 4.78 is 9.90. The summed E-state index contributed by atoms with van der Waals surface area (Å²) in [5, 5.41) is 34.6. The van der Waals surface area contributed by atoms with Crippen molar-refractivity contribution in [2.24, 2.45) is 22.7 Å². The van der Waals surface area contributed by atoms with Crippen LogP contribution in [0, 0.1) is 38.0 Å². The third-order valence-corrected chi connectivity index (χ3v) is 9.29. The number of nitro groups is 2. The predicted molar refractivity (Wildman–Crippen MR) is 180 cm³/mol. The van der Waals surface area contributed by atoms with Gasteiger partial charge in [0.25, 0.3) is 11.4 Å². The van der Waals surface area contributed by atoms with Crippen molar-refractivity contribution in [3.63, 3.8) is 0 Å². The van der Waals surface area contributed by atoms with Crippen molar-refractivity contribution in [2.75, 3.05) is 19.6 Å². The lowest BCUT2D eigenvalue weighted by atomic mass is 9.77. The fraction of sp³-hybridized carbons (Fsp3) is 0.382. The molecule has 2 saturated heterocycles. The predicted octanol–water partition coefficient (Wildman–Crippen LogP) is 2.52. The van der Waals surface area contributed by atoms with Gasteiger partial charge >= 0.3 is 24.0 Å². The molecule has 0 aromatic heterocycles. The van der Waals surface area contributed by atoms with Crippen LogP contribution in [0.15, 0.2) is 64.8 Å². The van der Waals surface area contributed by atoms with Crippen LogP contribution in [0.3, 0.4) is 0 Å². The number of likely N-dealkylation sites (tertiary alicyclic amines) is 1. The van der Waals surface area contributed by atoms with Gasteiger partial charge in [-0.25, -0.2) is 19.2 Å². The number of esters is 3. The second kappa shape index (κ2) is 15.6. The topological polar surface area (TPSA) is 258 Å². The van der Waals surface area contributed by atoms with E-state index in [1.807, 2.05) is 4.90 Å². The highest BCUT2D eigenvalue weighted by molar-refractivity contribution is 6.07. The number of rotatable bonds is 10. The molecule has 0 bridgehead atoms. The Kier molecular flexibility index (Phi) is 11.2. The smallest absolute Gasteiger partial charge is 0.393 e. The van der Waals surface area contributed by atoms with Crippen molar-refractivity contribution >= 4 is 53.0 Å². The number of amides is 3. The van der Waals surface area contributed by atoms with E-state index in [0.29, 0.717) is 25.1 Å². The first-order chi connectivity index (χ1) is 25.0. The highest BCUT2D eigenvalue weighted by Crippen LogP contribution is 2.48. The highest BCUT2D eigenvalue weighted by atomic mass is 16.6. The fourth-order valence-electron chi connectivity index (χ4n) is 6.81. The average molecular weight is 735 g/mol. The van der Waals surface area contributed by atoms with Gasteiger partial charge < -0.3 is 24.8 Å². The molecule has 3 aliphatic rings. The number of hydrogen-bond donors (Lipinski definition) is 2. The minimum Gasteiger partial charge on any atom is -0.393 e. The third-order valence-electron chi connectivity index (χ3n) is 9.29. The Balaban J connectivity index is 1.28. The number of hydrogen-bond acceptors (Lipinski definition) is 14. The molecule has 0 radical (unpaired) electrons. The summed E-state index contributed by atoms with van der Waals surface area (Å²) in [7, 11) is 0. The third kappa shape index (κ3) is 8.31. The Hall–Kier alpha value is -6.21. The number of carbonyl (C=O) groups is 6. The Morgan fingerprint density at radius 2 is 1.49 bits per heavy atom. The number of aliphatic hydroxyl groups excluding tert-OH is 1. The van der Waals surface area contributed by atoms with Crippen LogP contribution in [0.4, 0.5) is 16.2 Å². The van der Waals surface area contributed by atoms with Gasteiger partial charge in [0, 0.05) is 56.6 Å². The van der Waals surface area contributed by atoms with Crippen molar-refractivity contribution in [3.8, 4) is 0 Å². The van der Waals surface area contributed by atoms with Gasteiger partial charge in [-0.05, 0) is 55.6 Å². The molecule has 0 spiro atoms. The molecule has 5 atom stereocenters. The van der Waals surface area contributed by atoms with Crippen molar-refractivity contribution in [1.29, 1.82) is 0 Å². The van der Waals surface area contributed by atoms with E-state index in [9.17, 15) is 54.1 Å². The minimum absolute atomic E-state index is 0.0668. The van der Waals surface area contributed by atoms with E-state index in [0.717, 1.165) is 48.5 Å². The van der Waals surface area contributed by atoms with Crippen molar-refractivity contribution < 1.29 is 53.2 Å². The molecule has 0 unspecified atom stereocenters. The molecule has 2 fully saturated rings. The summed E-state index contributed by atoms with van der Waals surface area (Å²) in [4.78, 5) is 104. The summed E-state index contributed by atoms with van der Waals surface area (Å²) in [6, 6.07) is 8.26. The summed E-state index contributed by atoms with van der Waals surface area (Å²) in [6.45, 7) is 5.51. The molecule has 0 aliphatic carbocycles. The van der Waals surface area contributed by atoms with Crippen LogP contribution in [-0.2, 0) is 23.9 Å². The maximum atomic E-state index is 13.5. The number of fused-ring (bicyclic) bond motifs is 1. The van der Waals surface area contributed by atoms with Crippen LogP contribution < -0.4 is 5.32 Å². The maximum Gasteiger partial charge on any atom is 0.443 e. The number of nitro benzene ring substituents is 2. The molecule has 3 amide bonds. The molecule has 19 nitrogen and oxygen atoms in total. The zero-order chi connectivity index (χ0) is 38.7. The van der Waals surface area contributed by atoms with E-state index >= 15 is 0 Å². The number of nitrogens with zero attached hydrogens (tertiary/aromatic N) is 5. The summed E-state index contributed by atoms with van der Waals surface area (Å²) in [5.41, 5.74) is -0.413. The number of benzene rings is 2. The van der Waals surface area contributed by atoms with Gasteiger partial charge in [-0.2, -0.15) is 4.99 Å². The number of ether oxygens (including phenoxy) is 2. The zero-order valence-corrected chi connectivity index (χ0v) is 28.6. The number of amidine groups is 1. The van der Waals surface area contributed by atoms with Crippen molar-refractivity contribution in [3.05, 3.63) is 91.2 Å². The Bertz CT molecular complexity index is 1940. The van der Waals surface area contributed by atoms with Crippen LogP contribution in [-0.4, -0.2) is 98.2 Å². The Morgan fingerprint density at radius 3 is 2.00 bits per heavy atom. The standard InChI is InChI=1S/C34H34N6O13/c1-17-25(29(38-28(17)27(18(2)41)30(38)43)33(46)52-31(44)21-4-8-23(9-5-21)39(48)49)16-37-13-12-20(15-37)14-26(35-19(3)42)36-34(47)53-32(45)22-6-10-24(11-7-22)40(50)51/h4-11,17-18,20,27-28,41H,12-16H2,1-3H3,(H,35,36,42,47)/t17-,18+,20+,27+,28+/m0/s1. The second-order valence-electron chi connectivity index (χ2n) is 12.9. The number of carbonyl (C=O) groups excluding carboxylic acids is 6. The molecule has 0 saturated carbocycles. The summed E-state index contributed by atoms with van der Waals surface area (Å²) in [5.74, 6) is -5.76. The van der Waals surface area contributed by atoms with E-state index in [1.54, 1.807) is 6.92 Å². The molecule has 3 aliphatic heterocycles. The van der Waals surface area contributed by atoms with Crippen molar-refractivity contribution in [2.45, 2.75) is 45.8 Å². The highest BCUT2D eigenvalue weighted by Gasteiger charge is 2.60. The van der Waals surface area contributed by atoms with Gasteiger partial charge in [-0.15, -0.1) is 0 Å². The molecule has 278 valence electrons. The van der Waals surface area contributed by atoms with Crippen molar-refractivity contribution in [1.82, 2.24) is 15.1 Å². The lowest BCUT2D eigenvalue weighted by molar-refractivity contribution is -0.385. The lowest BCUT2D eigenvalue weighted by Gasteiger charge is -2.46. The largest absolute Gasteiger partial charge is 0.443 e. The van der Waals surface area contributed by atoms with Crippen LogP contribution >= 0.6 is 0 Å². The first-order valence-corrected chi connectivity index (χ1v) is 16.4. The molecule has 2 N–H and O–H groups in total. The molecule has 3 heterocycles. The second-order valence-corrected chi connectivity index (χ2v) is 12.9. The van der Waals surface area contributed by atoms with Crippen LogP contribution in [0.25, 0.3) is 0 Å². The van der Waals surface area contributed by atoms with Crippen LogP contribution in [0.2, 0.25) is 0 Å². The number of β-lactam (4-membered cyclic amide) rings is 1. The quantitative estimate of drug-likeness (QED) is 0.0676. The van der Waals surface area contributed by atoms with Gasteiger partial charge in [-0.3, -0.25) is 34.7 Å². The molecule has 19 heteroatoms. The Labute approximate surface area is 300 Å². The SMILES string of the molecule is CC(=O)NC(C[C@H]1CCN(CC2=C(C(=O)OC(=O)c3ccc([N+](=O)[O-])cc3)N3C(=O)[C@H]([C@@H](C)O)[C@H]3[C@H]2C)C1)=NC(=O)OC(=O)c1ccc([N+](=O)[O-])cc1. The molecule has 2 aromatic rings. The van der Waals surface area contributed by atoms with E-state index in [4.69, 9.17) is 9.47 Å². The average Bonchev–Trinajstić information content (AvgIpc) is 3.63. The van der Waals surface area contributed by atoms with Gasteiger partial charge in [0.2, 0.25) is 11.8 Å². The van der Waals surface area contributed by atoms with E-state index in [1.165, 1.54) is 18.7 Å². The molecular formula is C34H34N6O13. The number of nitrogens with one attached hydrogen (secondary N) is 1. The minimum atomic E-state index is -1.31. The zero-order valence-electron chi connectivity index (χ0n) is 28.6. The molecule has 53 heavy (non-hydrogen) atoms. The van der Waals surface area contributed by atoms with Gasteiger partial charge in [-0.1, -0.05) is 6.92 Å². The normalized spacial score (nSPS) is 21.7. The number of aliphatic imine (C=N–C) groups is 1. The van der Waals surface area contributed by atoms with Gasteiger partial charge in [0.1, 0.15) is 11.5 Å². The van der Waals surface area contributed by atoms with E-state index in [-0.39, 0.29) is 52.9 Å². The van der Waals surface area contributed by atoms with Gasteiger partial charge in [0.05, 0.1) is 39.0 Å². The lowest BCUT2D eigenvalue weighted by Crippen LogP contribution is -2.63. The summed E-state index contributed by atoms with van der Waals surface area (Å²) >= 11 is 0. The van der Waals surface area contributed by atoms with E-state index in [2.05, 4.69) is 10.3 Å². The number of non-ortho nitro benzene ring substituents is 2. The molecule has 2 aromatic carbocycles. The first-order valence-electron chi connectivity index (χ1n) is 16.4. The Morgan fingerprint density at radius 1 is 0.943 bits per heavy atom.